The van der Waals surface area contributed by atoms with Crippen molar-refractivity contribution in [1.29, 1.82) is 0 Å². The quantitative estimate of drug-likeness (QED) is 0.670. The van der Waals surface area contributed by atoms with Crippen molar-refractivity contribution >= 4 is 29.0 Å². The number of esters is 1. The highest BCUT2D eigenvalue weighted by Gasteiger charge is 2.21. The summed E-state index contributed by atoms with van der Waals surface area (Å²) in [5.41, 5.74) is 0.807. The Morgan fingerprint density at radius 1 is 1.18 bits per heavy atom. The number of methoxy groups -OCH3 is 2. The summed E-state index contributed by atoms with van der Waals surface area (Å²) in [6.07, 6.45) is 0. The van der Waals surface area contributed by atoms with Crippen LogP contribution in [0.3, 0.4) is 0 Å². The molecule has 0 saturated heterocycles. The average molecular weight is 407 g/mol. The predicted octanol–water partition coefficient (Wildman–Crippen LogP) is 3.78. The van der Waals surface area contributed by atoms with E-state index in [1.807, 2.05) is 13.8 Å². The number of hydrogen-bond acceptors (Lipinski definition) is 7. The number of nitrogens with zero attached hydrogens (tertiary/aromatic N) is 2. The van der Waals surface area contributed by atoms with Crippen LogP contribution in [0.5, 0.6) is 11.5 Å². The fourth-order valence-corrected chi connectivity index (χ4v) is 3.15. The van der Waals surface area contributed by atoms with Gasteiger partial charge in [-0.3, -0.25) is 0 Å². The number of rotatable bonds is 8. The first-order valence-electron chi connectivity index (χ1n) is 8.80. The molecule has 9 heteroatoms. The fraction of sp³-hybridized carbons (Fsp3) is 0.421. The highest BCUT2D eigenvalue weighted by atomic mass is 32.1. The van der Waals surface area contributed by atoms with Crippen LogP contribution in [-0.2, 0) is 11.3 Å². The van der Waals surface area contributed by atoms with Gasteiger partial charge < -0.3 is 24.4 Å². The molecule has 0 aliphatic carbocycles. The number of aromatic nitrogens is 1. The fourth-order valence-electron chi connectivity index (χ4n) is 2.39. The predicted molar refractivity (Wildman–Crippen MR) is 107 cm³/mol. The standard InChI is InChI=1S/C19H25N3O5S/c1-6-27-18(23)16-11-28-17(21-16)10-22(12(2)3)19(24)20-13-7-14(25-4)9-15(8-13)26-5/h7-9,11-12H,6,10H2,1-5H3,(H,20,24). The van der Waals surface area contributed by atoms with Gasteiger partial charge in [0.05, 0.1) is 27.4 Å². The van der Waals surface area contributed by atoms with Crippen LogP contribution < -0.4 is 14.8 Å². The first-order chi connectivity index (χ1) is 13.4. The summed E-state index contributed by atoms with van der Waals surface area (Å²) < 4.78 is 15.4. The highest BCUT2D eigenvalue weighted by Crippen LogP contribution is 2.26. The van der Waals surface area contributed by atoms with E-state index in [1.165, 1.54) is 11.3 Å². The zero-order valence-corrected chi connectivity index (χ0v) is 17.5. The Bertz CT molecular complexity index is 799. The van der Waals surface area contributed by atoms with E-state index in [1.54, 1.807) is 49.6 Å². The lowest BCUT2D eigenvalue weighted by Gasteiger charge is -2.26. The topological polar surface area (TPSA) is 90.0 Å². The minimum Gasteiger partial charge on any atom is -0.497 e. The van der Waals surface area contributed by atoms with Crippen molar-refractivity contribution in [1.82, 2.24) is 9.88 Å². The van der Waals surface area contributed by atoms with Gasteiger partial charge in [0, 0.05) is 35.3 Å². The van der Waals surface area contributed by atoms with Gasteiger partial charge in [0.2, 0.25) is 0 Å². The molecule has 0 aliphatic rings. The Kier molecular flexibility index (Phi) is 7.62. The van der Waals surface area contributed by atoms with Crippen molar-refractivity contribution in [2.75, 3.05) is 26.1 Å². The third-order valence-corrected chi connectivity index (χ3v) is 4.66. The van der Waals surface area contributed by atoms with Crippen molar-refractivity contribution in [2.24, 2.45) is 0 Å². The third-order valence-electron chi connectivity index (χ3n) is 3.83. The van der Waals surface area contributed by atoms with Crippen LogP contribution in [0.25, 0.3) is 0 Å². The van der Waals surface area contributed by atoms with Crippen LogP contribution in [0.2, 0.25) is 0 Å². The van der Waals surface area contributed by atoms with E-state index >= 15 is 0 Å². The number of carbonyl (C=O) groups is 2. The minimum atomic E-state index is -0.464. The van der Waals surface area contributed by atoms with Gasteiger partial charge in [-0.05, 0) is 20.8 Å². The van der Waals surface area contributed by atoms with E-state index in [9.17, 15) is 9.59 Å². The van der Waals surface area contributed by atoms with Crippen LogP contribution in [0.4, 0.5) is 10.5 Å². The third kappa shape index (κ3) is 5.59. The average Bonchev–Trinajstić information content (AvgIpc) is 3.14. The molecule has 2 aromatic rings. The number of anilines is 1. The lowest BCUT2D eigenvalue weighted by molar-refractivity contribution is 0.0520. The van der Waals surface area contributed by atoms with E-state index in [0.29, 0.717) is 22.2 Å². The van der Waals surface area contributed by atoms with Crippen molar-refractivity contribution in [2.45, 2.75) is 33.4 Å². The summed E-state index contributed by atoms with van der Waals surface area (Å²) in [5.74, 6) is 0.684. The van der Waals surface area contributed by atoms with E-state index in [2.05, 4.69) is 10.3 Å². The maximum atomic E-state index is 12.8. The number of benzene rings is 1. The largest absolute Gasteiger partial charge is 0.497 e. The van der Waals surface area contributed by atoms with E-state index in [4.69, 9.17) is 14.2 Å². The van der Waals surface area contributed by atoms with E-state index in [0.717, 1.165) is 0 Å². The number of hydrogen-bond donors (Lipinski definition) is 1. The van der Waals surface area contributed by atoms with Gasteiger partial charge in [-0.25, -0.2) is 14.6 Å². The van der Waals surface area contributed by atoms with Gasteiger partial charge in [-0.1, -0.05) is 0 Å². The molecule has 8 nitrogen and oxygen atoms in total. The Labute approximate surface area is 168 Å². The molecule has 0 spiro atoms. The van der Waals surface area contributed by atoms with Crippen LogP contribution in [0, 0.1) is 0 Å². The molecule has 1 heterocycles. The Balaban J connectivity index is 2.13. The molecule has 1 aromatic heterocycles. The number of nitrogens with one attached hydrogen (secondary N) is 1. The molecule has 28 heavy (non-hydrogen) atoms. The molecule has 0 fully saturated rings. The molecular weight excluding hydrogens is 382 g/mol. The molecule has 0 radical (unpaired) electrons. The zero-order chi connectivity index (χ0) is 20.7. The SMILES string of the molecule is CCOC(=O)c1csc(CN(C(=O)Nc2cc(OC)cc(OC)c2)C(C)C)n1. The molecule has 0 atom stereocenters. The minimum absolute atomic E-state index is 0.0811. The van der Waals surface area contributed by atoms with Crippen LogP contribution in [0.15, 0.2) is 23.6 Å². The number of carbonyl (C=O) groups excluding carboxylic acids is 2. The smallest absolute Gasteiger partial charge is 0.357 e. The summed E-state index contributed by atoms with van der Waals surface area (Å²) in [5, 5.41) is 5.14. The van der Waals surface area contributed by atoms with E-state index in [-0.39, 0.29) is 30.9 Å². The van der Waals surface area contributed by atoms with Crippen molar-refractivity contribution < 1.29 is 23.8 Å². The molecule has 0 unspecified atom stereocenters. The van der Waals surface area contributed by atoms with E-state index < -0.39 is 5.97 Å². The van der Waals surface area contributed by atoms with Gasteiger partial charge in [0.25, 0.3) is 0 Å². The molecule has 0 bridgehead atoms. The van der Waals surface area contributed by atoms with Gasteiger partial charge in [0.1, 0.15) is 16.5 Å². The molecule has 0 saturated carbocycles. The second kappa shape index (κ2) is 9.93. The number of amides is 2. The summed E-state index contributed by atoms with van der Waals surface area (Å²) in [6, 6.07) is 4.77. The lowest BCUT2D eigenvalue weighted by Crippen LogP contribution is -2.39. The van der Waals surface area contributed by atoms with Crippen LogP contribution >= 0.6 is 11.3 Å². The molecule has 1 aromatic carbocycles. The second-order valence-electron chi connectivity index (χ2n) is 6.10. The summed E-state index contributed by atoms with van der Waals surface area (Å²) in [4.78, 5) is 30.5. The second-order valence-corrected chi connectivity index (χ2v) is 7.04. The first kappa shape index (κ1) is 21.5. The van der Waals surface area contributed by atoms with Gasteiger partial charge in [-0.2, -0.15) is 0 Å². The molecule has 2 rings (SSSR count). The lowest BCUT2D eigenvalue weighted by atomic mass is 10.2. The normalized spacial score (nSPS) is 10.5. The summed E-state index contributed by atoms with van der Waals surface area (Å²) in [6.45, 7) is 6.12. The molecular formula is C19H25N3O5S. The van der Waals surface area contributed by atoms with Crippen LogP contribution in [-0.4, -0.2) is 48.8 Å². The Hall–Kier alpha value is -2.81. The molecule has 152 valence electrons. The summed E-state index contributed by atoms with van der Waals surface area (Å²) >= 11 is 1.31. The number of urea groups is 1. The molecule has 0 aliphatic heterocycles. The van der Waals surface area contributed by atoms with Crippen molar-refractivity contribution in [3.63, 3.8) is 0 Å². The molecule has 1 N–H and O–H groups in total. The Morgan fingerprint density at radius 2 is 1.82 bits per heavy atom. The van der Waals surface area contributed by atoms with Crippen LogP contribution in [0.1, 0.15) is 36.3 Å². The number of thiazole rings is 1. The molecule has 2 amide bonds. The first-order valence-corrected chi connectivity index (χ1v) is 9.68. The van der Waals surface area contributed by atoms with Gasteiger partial charge in [0.15, 0.2) is 5.69 Å². The highest BCUT2D eigenvalue weighted by molar-refractivity contribution is 7.09. The van der Waals surface area contributed by atoms with Crippen molar-refractivity contribution in [3.05, 3.63) is 34.3 Å². The number of ether oxygens (including phenoxy) is 3. The Morgan fingerprint density at radius 3 is 2.36 bits per heavy atom. The monoisotopic (exact) mass is 407 g/mol. The zero-order valence-electron chi connectivity index (χ0n) is 16.6. The maximum Gasteiger partial charge on any atom is 0.357 e. The van der Waals surface area contributed by atoms with Gasteiger partial charge >= 0.3 is 12.0 Å². The maximum absolute atomic E-state index is 12.8. The van der Waals surface area contributed by atoms with Gasteiger partial charge in [-0.15, -0.1) is 11.3 Å². The van der Waals surface area contributed by atoms with Crippen molar-refractivity contribution in [3.8, 4) is 11.5 Å². The summed E-state index contributed by atoms with van der Waals surface area (Å²) in [7, 11) is 3.09.